The Hall–Kier alpha value is -3.57. The number of carboxylic acids is 1. The van der Waals surface area contributed by atoms with Crippen LogP contribution in [0.1, 0.15) is 53.4 Å². The number of hydrogen-bond acceptors (Lipinski definition) is 3. The second-order valence-corrected chi connectivity index (χ2v) is 5.29. The maximum atomic E-state index is 13.9. The summed E-state index contributed by atoms with van der Waals surface area (Å²) >= 11 is 0. The van der Waals surface area contributed by atoms with Gasteiger partial charge in [-0.25, -0.2) is 9.18 Å². The van der Waals surface area contributed by atoms with Crippen LogP contribution in [0.2, 0.25) is 0 Å². The predicted octanol–water partition coefficient (Wildman–Crippen LogP) is 4.04. The lowest BCUT2D eigenvalue weighted by atomic mass is 10.0. The molecule has 0 heterocycles. The van der Waals surface area contributed by atoms with E-state index < -0.39 is 24.2 Å². The van der Waals surface area contributed by atoms with Gasteiger partial charge in [-0.1, -0.05) is 37.7 Å². The molecule has 0 aliphatic heterocycles. The van der Waals surface area contributed by atoms with E-state index in [4.69, 9.17) is 16.3 Å². The zero-order valence-electron chi connectivity index (χ0n) is 16.0. The Kier molecular flexibility index (Phi) is 8.99. The molecule has 0 bridgehead atoms. The Bertz CT molecular complexity index is 959. The van der Waals surface area contributed by atoms with E-state index in [1.54, 1.807) is 19.1 Å². The summed E-state index contributed by atoms with van der Waals surface area (Å²) in [4.78, 5) is 22.5. The van der Waals surface area contributed by atoms with Crippen LogP contribution in [0.4, 0.5) is 4.39 Å². The Morgan fingerprint density at radius 1 is 1.07 bits per heavy atom. The topological polar surface area (TPSA) is 63.6 Å². The van der Waals surface area contributed by atoms with Gasteiger partial charge in [-0.3, -0.25) is 4.79 Å². The lowest BCUT2D eigenvalue weighted by molar-refractivity contribution is -0.136. The molecule has 0 aliphatic rings. The molecule has 0 unspecified atom stereocenters. The lowest BCUT2D eigenvalue weighted by Gasteiger charge is -2.03. The van der Waals surface area contributed by atoms with E-state index >= 15 is 0 Å². The van der Waals surface area contributed by atoms with Gasteiger partial charge < -0.3 is 9.84 Å². The van der Waals surface area contributed by atoms with Gasteiger partial charge in [0.05, 0.1) is 18.6 Å². The molecule has 28 heavy (non-hydrogen) atoms. The molecule has 0 fully saturated rings. The minimum Gasteiger partial charge on any atom is -0.481 e. The van der Waals surface area contributed by atoms with Crippen LogP contribution in [0.25, 0.3) is 0 Å². The van der Waals surface area contributed by atoms with Gasteiger partial charge >= 0.3 is 11.9 Å². The molecule has 0 atom stereocenters. The number of benzene rings is 2. The molecule has 0 saturated carbocycles. The van der Waals surface area contributed by atoms with Gasteiger partial charge in [-0.15, -0.1) is 6.42 Å². The third-order valence-electron chi connectivity index (χ3n) is 3.36. The van der Waals surface area contributed by atoms with Crippen LogP contribution < -0.4 is 0 Å². The summed E-state index contributed by atoms with van der Waals surface area (Å²) in [7, 11) is 0. The molecule has 2 aromatic rings. The third kappa shape index (κ3) is 6.63. The SMILES string of the molecule is C#Cc1cc(C#Cc2ccc(CC(=O)O)c(F)c2)cc(C(=O)OCC)c1.CC. The van der Waals surface area contributed by atoms with Crippen molar-refractivity contribution >= 4 is 11.9 Å². The number of esters is 1. The number of aliphatic carboxylic acids is 1. The Balaban J connectivity index is 0.00000190. The first-order chi connectivity index (χ1) is 13.4. The van der Waals surface area contributed by atoms with Crippen molar-refractivity contribution < 1.29 is 23.8 Å². The molecule has 2 aromatic carbocycles. The molecule has 0 aromatic heterocycles. The van der Waals surface area contributed by atoms with Gasteiger partial charge in [0.2, 0.25) is 0 Å². The highest BCUT2D eigenvalue weighted by Gasteiger charge is 2.09. The summed E-state index contributed by atoms with van der Waals surface area (Å²) in [6, 6.07) is 8.79. The Morgan fingerprint density at radius 3 is 2.29 bits per heavy atom. The second kappa shape index (κ2) is 11.2. The van der Waals surface area contributed by atoms with Crippen LogP contribution in [-0.2, 0) is 16.0 Å². The van der Waals surface area contributed by atoms with Crippen molar-refractivity contribution in [2.45, 2.75) is 27.2 Å². The highest BCUT2D eigenvalue weighted by Crippen LogP contribution is 2.13. The highest BCUT2D eigenvalue weighted by molar-refractivity contribution is 5.90. The van der Waals surface area contributed by atoms with Crippen molar-refractivity contribution in [2.75, 3.05) is 6.61 Å². The maximum Gasteiger partial charge on any atom is 0.338 e. The highest BCUT2D eigenvalue weighted by atomic mass is 19.1. The van der Waals surface area contributed by atoms with Gasteiger partial charge in [0, 0.05) is 16.7 Å². The number of hydrogen-bond donors (Lipinski definition) is 1. The molecule has 0 spiro atoms. The molecular weight excluding hydrogens is 359 g/mol. The van der Waals surface area contributed by atoms with E-state index in [0.29, 0.717) is 16.7 Å². The second-order valence-electron chi connectivity index (χ2n) is 5.29. The minimum absolute atomic E-state index is 0.0852. The van der Waals surface area contributed by atoms with Crippen LogP contribution >= 0.6 is 0 Å². The largest absolute Gasteiger partial charge is 0.481 e. The summed E-state index contributed by atoms with van der Waals surface area (Å²) < 4.78 is 18.8. The fourth-order valence-corrected chi connectivity index (χ4v) is 2.19. The number of halogens is 1. The number of ether oxygens (including phenoxy) is 1. The van der Waals surface area contributed by atoms with Crippen LogP contribution in [0.5, 0.6) is 0 Å². The van der Waals surface area contributed by atoms with Crippen LogP contribution in [-0.4, -0.2) is 23.7 Å². The van der Waals surface area contributed by atoms with E-state index in [1.165, 1.54) is 24.3 Å². The van der Waals surface area contributed by atoms with E-state index in [0.717, 1.165) is 0 Å². The molecule has 5 heteroatoms. The quantitative estimate of drug-likeness (QED) is 0.642. The van der Waals surface area contributed by atoms with Gasteiger partial charge in [0.15, 0.2) is 0 Å². The average Bonchev–Trinajstić information content (AvgIpc) is 2.69. The summed E-state index contributed by atoms with van der Waals surface area (Å²) in [5.41, 5.74) is 1.71. The Labute approximate surface area is 164 Å². The third-order valence-corrected chi connectivity index (χ3v) is 3.36. The first-order valence-corrected chi connectivity index (χ1v) is 8.74. The normalized spacial score (nSPS) is 9.11. The molecule has 4 nitrogen and oxygen atoms in total. The number of terminal acetylenes is 1. The van der Waals surface area contributed by atoms with Crippen molar-refractivity contribution in [3.8, 4) is 24.2 Å². The zero-order valence-corrected chi connectivity index (χ0v) is 16.0. The molecule has 0 saturated heterocycles. The van der Waals surface area contributed by atoms with Gasteiger partial charge in [-0.05, 0) is 42.8 Å². The van der Waals surface area contributed by atoms with Gasteiger partial charge in [0.1, 0.15) is 5.82 Å². The smallest absolute Gasteiger partial charge is 0.338 e. The fourth-order valence-electron chi connectivity index (χ4n) is 2.19. The van der Waals surface area contributed by atoms with E-state index in [1.807, 2.05) is 13.8 Å². The standard InChI is InChI=1S/C21H15FO4.C2H6/c1-3-14-9-16(11-18(10-14)21(25)26-4-2)6-5-15-7-8-17(13-20(23)24)19(22)12-15;1-2/h1,7-12H,4,13H2,2H3,(H,23,24);1-2H3. The van der Waals surface area contributed by atoms with Gasteiger partial charge in [-0.2, -0.15) is 0 Å². The molecule has 1 N–H and O–H groups in total. The molecule has 2 rings (SSSR count). The monoisotopic (exact) mass is 380 g/mol. The maximum absolute atomic E-state index is 13.9. The first kappa shape index (κ1) is 22.5. The minimum atomic E-state index is -1.11. The number of carbonyl (C=O) groups is 2. The van der Waals surface area contributed by atoms with Crippen molar-refractivity contribution in [1.82, 2.24) is 0 Å². The fraction of sp³-hybridized carbons (Fsp3) is 0.217. The molecule has 144 valence electrons. The van der Waals surface area contributed by atoms with E-state index in [-0.39, 0.29) is 17.7 Å². The van der Waals surface area contributed by atoms with Crippen molar-refractivity contribution in [1.29, 1.82) is 0 Å². The number of carboxylic acid groups (broad SMARTS) is 1. The summed E-state index contributed by atoms with van der Waals surface area (Å²) in [6.45, 7) is 5.94. The van der Waals surface area contributed by atoms with Crippen molar-refractivity contribution in [2.24, 2.45) is 0 Å². The van der Waals surface area contributed by atoms with Crippen molar-refractivity contribution in [3.63, 3.8) is 0 Å². The average molecular weight is 380 g/mol. The van der Waals surface area contributed by atoms with Crippen LogP contribution in [0.3, 0.4) is 0 Å². The lowest BCUT2D eigenvalue weighted by Crippen LogP contribution is -2.05. The predicted molar refractivity (Wildman–Crippen MR) is 105 cm³/mol. The zero-order chi connectivity index (χ0) is 21.1. The summed E-state index contributed by atoms with van der Waals surface area (Å²) in [6.07, 6.45) is 5.00. The molecule has 0 radical (unpaired) electrons. The van der Waals surface area contributed by atoms with E-state index in [9.17, 15) is 14.0 Å². The van der Waals surface area contributed by atoms with Crippen LogP contribution in [0.15, 0.2) is 36.4 Å². The molecule has 0 aliphatic carbocycles. The van der Waals surface area contributed by atoms with Crippen molar-refractivity contribution in [3.05, 3.63) is 70.0 Å². The summed E-state index contributed by atoms with van der Waals surface area (Å²) in [5, 5.41) is 8.72. The number of rotatable bonds is 4. The molecular formula is C23H21FO4. The van der Waals surface area contributed by atoms with E-state index in [2.05, 4.69) is 17.8 Å². The van der Waals surface area contributed by atoms with Gasteiger partial charge in [0.25, 0.3) is 0 Å². The Morgan fingerprint density at radius 2 is 1.71 bits per heavy atom. The van der Waals surface area contributed by atoms with Crippen LogP contribution in [0, 0.1) is 30.0 Å². The first-order valence-electron chi connectivity index (χ1n) is 8.74. The molecule has 0 amide bonds. The summed E-state index contributed by atoms with van der Waals surface area (Å²) in [5.74, 6) is 5.80. The number of carbonyl (C=O) groups excluding carboxylic acids is 1.